The maximum absolute atomic E-state index is 12.1. The number of oxime groups is 1. The van der Waals surface area contributed by atoms with Crippen molar-refractivity contribution in [3.05, 3.63) is 34.3 Å². The predicted octanol–water partition coefficient (Wildman–Crippen LogP) is 1.86. The minimum Gasteiger partial charge on any atom is -0.409 e. The normalized spacial score (nSPS) is 11.4. The summed E-state index contributed by atoms with van der Waals surface area (Å²) in [5, 5.41) is 11.9. The SMILES string of the molecule is Cc1cc(Cl)ccc1C(=O)N(C)CC/C(N)=N/O. The fraction of sp³-hybridized carbons (Fsp3) is 0.333. The summed E-state index contributed by atoms with van der Waals surface area (Å²) >= 11 is 5.84. The third-order valence-electron chi connectivity index (χ3n) is 2.60. The third kappa shape index (κ3) is 3.63. The third-order valence-corrected chi connectivity index (χ3v) is 2.83. The maximum Gasteiger partial charge on any atom is 0.253 e. The van der Waals surface area contributed by atoms with Gasteiger partial charge in [0.2, 0.25) is 0 Å². The largest absolute Gasteiger partial charge is 0.409 e. The molecule has 0 aromatic heterocycles. The fourth-order valence-corrected chi connectivity index (χ4v) is 1.73. The van der Waals surface area contributed by atoms with Gasteiger partial charge < -0.3 is 15.8 Å². The molecule has 1 amide bonds. The summed E-state index contributed by atoms with van der Waals surface area (Å²) in [5.74, 6) is -0.0163. The number of aryl methyl sites for hydroxylation is 1. The molecule has 0 fully saturated rings. The summed E-state index contributed by atoms with van der Waals surface area (Å²) in [7, 11) is 1.67. The molecule has 1 aromatic rings. The number of hydrogen-bond donors (Lipinski definition) is 2. The van der Waals surface area contributed by atoms with Gasteiger partial charge in [-0.15, -0.1) is 0 Å². The van der Waals surface area contributed by atoms with E-state index in [1.807, 2.05) is 6.92 Å². The number of benzene rings is 1. The smallest absolute Gasteiger partial charge is 0.253 e. The lowest BCUT2D eigenvalue weighted by atomic mass is 10.1. The first-order valence-electron chi connectivity index (χ1n) is 5.43. The molecule has 3 N–H and O–H groups in total. The Morgan fingerprint density at radius 1 is 1.56 bits per heavy atom. The van der Waals surface area contributed by atoms with Crippen molar-refractivity contribution in [3.8, 4) is 0 Å². The zero-order valence-electron chi connectivity index (χ0n) is 10.4. The van der Waals surface area contributed by atoms with E-state index >= 15 is 0 Å². The van der Waals surface area contributed by atoms with Gasteiger partial charge in [-0.05, 0) is 30.7 Å². The van der Waals surface area contributed by atoms with Crippen LogP contribution in [0.3, 0.4) is 0 Å². The van der Waals surface area contributed by atoms with Crippen molar-refractivity contribution < 1.29 is 10.0 Å². The topological polar surface area (TPSA) is 78.9 Å². The molecule has 5 nitrogen and oxygen atoms in total. The van der Waals surface area contributed by atoms with Crippen LogP contribution in [0.5, 0.6) is 0 Å². The van der Waals surface area contributed by atoms with Crippen LogP contribution in [-0.2, 0) is 0 Å². The van der Waals surface area contributed by atoms with Crippen LogP contribution >= 0.6 is 11.6 Å². The summed E-state index contributed by atoms with van der Waals surface area (Å²) < 4.78 is 0. The van der Waals surface area contributed by atoms with Gasteiger partial charge in [0, 0.05) is 30.6 Å². The molecule has 1 rings (SSSR count). The zero-order chi connectivity index (χ0) is 13.7. The van der Waals surface area contributed by atoms with Gasteiger partial charge in [0.1, 0.15) is 5.84 Å². The average molecular weight is 270 g/mol. The second-order valence-corrected chi connectivity index (χ2v) is 4.46. The Balaban J connectivity index is 2.74. The van der Waals surface area contributed by atoms with Crippen molar-refractivity contribution in [2.24, 2.45) is 10.9 Å². The number of carbonyl (C=O) groups is 1. The molecule has 6 heteroatoms. The molecule has 0 unspecified atom stereocenters. The monoisotopic (exact) mass is 269 g/mol. The molecule has 98 valence electrons. The van der Waals surface area contributed by atoms with E-state index in [1.54, 1.807) is 25.2 Å². The summed E-state index contributed by atoms with van der Waals surface area (Å²) in [6.07, 6.45) is 0.325. The Labute approximate surface area is 111 Å². The number of carbonyl (C=O) groups excluding carboxylic acids is 1. The molecule has 0 bridgehead atoms. The summed E-state index contributed by atoms with van der Waals surface area (Å²) in [6, 6.07) is 5.12. The van der Waals surface area contributed by atoms with Crippen molar-refractivity contribution >= 4 is 23.3 Å². The van der Waals surface area contributed by atoms with Gasteiger partial charge in [-0.1, -0.05) is 16.8 Å². The van der Waals surface area contributed by atoms with Crippen molar-refractivity contribution in [1.82, 2.24) is 4.90 Å². The molecule has 1 aromatic carbocycles. The number of halogens is 1. The summed E-state index contributed by atoms with van der Waals surface area (Å²) in [5.41, 5.74) is 6.78. The van der Waals surface area contributed by atoms with Crippen LogP contribution in [0.25, 0.3) is 0 Å². The molecule has 0 radical (unpaired) electrons. The molecule has 0 atom stereocenters. The highest BCUT2D eigenvalue weighted by molar-refractivity contribution is 6.30. The van der Waals surface area contributed by atoms with Gasteiger partial charge in [-0.2, -0.15) is 0 Å². The lowest BCUT2D eigenvalue weighted by Gasteiger charge is -2.18. The van der Waals surface area contributed by atoms with Crippen LogP contribution in [0, 0.1) is 6.92 Å². The second-order valence-electron chi connectivity index (χ2n) is 4.03. The maximum atomic E-state index is 12.1. The molecular formula is C12H16ClN3O2. The number of nitrogens with zero attached hydrogens (tertiary/aromatic N) is 2. The average Bonchev–Trinajstić information content (AvgIpc) is 2.34. The molecule has 18 heavy (non-hydrogen) atoms. The Hall–Kier alpha value is -1.75. The molecule has 0 aliphatic heterocycles. The Bertz CT molecular complexity index is 474. The highest BCUT2D eigenvalue weighted by atomic mass is 35.5. The van der Waals surface area contributed by atoms with E-state index in [2.05, 4.69) is 5.16 Å². The highest BCUT2D eigenvalue weighted by Crippen LogP contribution is 2.16. The number of hydrogen-bond acceptors (Lipinski definition) is 3. The van der Waals surface area contributed by atoms with Gasteiger partial charge in [0.25, 0.3) is 5.91 Å². The highest BCUT2D eigenvalue weighted by Gasteiger charge is 2.14. The van der Waals surface area contributed by atoms with Crippen molar-refractivity contribution in [2.75, 3.05) is 13.6 Å². The van der Waals surface area contributed by atoms with E-state index in [9.17, 15) is 4.79 Å². The zero-order valence-corrected chi connectivity index (χ0v) is 11.1. The van der Waals surface area contributed by atoms with Crippen LogP contribution in [0.2, 0.25) is 5.02 Å². The summed E-state index contributed by atoms with van der Waals surface area (Å²) in [6.45, 7) is 2.22. The standard InChI is InChI=1S/C12H16ClN3O2/c1-8-7-9(13)3-4-10(8)12(17)16(2)6-5-11(14)15-18/h3-4,7,18H,5-6H2,1-2H3,(H2,14,15). The van der Waals surface area contributed by atoms with Gasteiger partial charge in [0.15, 0.2) is 0 Å². The van der Waals surface area contributed by atoms with E-state index in [1.165, 1.54) is 4.90 Å². The number of amides is 1. The lowest BCUT2D eigenvalue weighted by Crippen LogP contribution is -2.31. The Kier molecular flexibility index (Phi) is 4.97. The van der Waals surface area contributed by atoms with Gasteiger partial charge >= 0.3 is 0 Å². The fourth-order valence-electron chi connectivity index (χ4n) is 1.51. The molecule has 0 heterocycles. The van der Waals surface area contributed by atoms with Gasteiger partial charge in [0.05, 0.1) is 0 Å². The molecule has 0 saturated heterocycles. The van der Waals surface area contributed by atoms with Crippen molar-refractivity contribution in [3.63, 3.8) is 0 Å². The van der Waals surface area contributed by atoms with Crippen molar-refractivity contribution in [2.45, 2.75) is 13.3 Å². The number of nitrogens with two attached hydrogens (primary N) is 1. The first-order chi connectivity index (χ1) is 8.45. The van der Waals surface area contributed by atoms with Crippen LogP contribution < -0.4 is 5.73 Å². The molecule has 0 spiro atoms. The quantitative estimate of drug-likeness (QED) is 0.379. The predicted molar refractivity (Wildman–Crippen MR) is 71.2 cm³/mol. The van der Waals surface area contributed by atoms with Gasteiger partial charge in [-0.3, -0.25) is 4.79 Å². The first-order valence-corrected chi connectivity index (χ1v) is 5.81. The molecule has 0 aliphatic carbocycles. The van der Waals surface area contributed by atoms with E-state index in [0.29, 0.717) is 23.6 Å². The van der Waals surface area contributed by atoms with E-state index in [-0.39, 0.29) is 11.7 Å². The van der Waals surface area contributed by atoms with E-state index < -0.39 is 0 Å². The summed E-state index contributed by atoms with van der Waals surface area (Å²) in [4.78, 5) is 13.6. The molecule has 0 saturated carbocycles. The minimum absolute atomic E-state index is 0.0995. The second kappa shape index (κ2) is 6.26. The van der Waals surface area contributed by atoms with E-state index in [4.69, 9.17) is 22.5 Å². The van der Waals surface area contributed by atoms with E-state index in [0.717, 1.165) is 5.56 Å². The first kappa shape index (κ1) is 14.3. The van der Waals surface area contributed by atoms with Crippen LogP contribution in [0.15, 0.2) is 23.4 Å². The Morgan fingerprint density at radius 2 is 2.22 bits per heavy atom. The number of amidine groups is 1. The molecular weight excluding hydrogens is 254 g/mol. The van der Waals surface area contributed by atoms with Crippen LogP contribution in [0.1, 0.15) is 22.3 Å². The molecule has 0 aliphatic rings. The van der Waals surface area contributed by atoms with Crippen molar-refractivity contribution in [1.29, 1.82) is 0 Å². The lowest BCUT2D eigenvalue weighted by molar-refractivity contribution is 0.0798. The van der Waals surface area contributed by atoms with Crippen LogP contribution in [-0.4, -0.2) is 35.4 Å². The minimum atomic E-state index is -0.116. The number of rotatable bonds is 4. The Morgan fingerprint density at radius 3 is 2.78 bits per heavy atom. The van der Waals surface area contributed by atoms with Gasteiger partial charge in [-0.25, -0.2) is 0 Å². The van der Waals surface area contributed by atoms with Crippen LogP contribution in [0.4, 0.5) is 0 Å².